The summed E-state index contributed by atoms with van der Waals surface area (Å²) in [6, 6.07) is 8.48. The van der Waals surface area contributed by atoms with Crippen LogP contribution in [0, 0.1) is 6.92 Å². The third-order valence-corrected chi connectivity index (χ3v) is 3.66. The molecular formula is C19H22N2O5. The van der Waals surface area contributed by atoms with Gasteiger partial charge in [0.05, 0.1) is 32.7 Å². The van der Waals surface area contributed by atoms with Gasteiger partial charge in [0.2, 0.25) is 11.7 Å². The van der Waals surface area contributed by atoms with E-state index < -0.39 is 0 Å². The predicted molar refractivity (Wildman–Crippen MR) is 99.5 cm³/mol. The molecule has 0 bridgehead atoms. The molecule has 0 spiro atoms. The third kappa shape index (κ3) is 4.24. The molecule has 2 rings (SSSR count). The number of rotatable bonds is 6. The quantitative estimate of drug-likeness (QED) is 0.828. The van der Waals surface area contributed by atoms with Crippen molar-refractivity contribution in [1.29, 1.82) is 0 Å². The summed E-state index contributed by atoms with van der Waals surface area (Å²) in [7, 11) is 4.45. The summed E-state index contributed by atoms with van der Waals surface area (Å²) in [6.07, 6.45) is 0. The van der Waals surface area contributed by atoms with E-state index in [-0.39, 0.29) is 11.8 Å². The fraction of sp³-hybridized carbons (Fsp3) is 0.263. The molecule has 0 unspecified atom stereocenters. The van der Waals surface area contributed by atoms with E-state index in [1.54, 1.807) is 24.3 Å². The molecular weight excluding hydrogens is 336 g/mol. The van der Waals surface area contributed by atoms with Crippen LogP contribution in [0.15, 0.2) is 30.3 Å². The van der Waals surface area contributed by atoms with Crippen LogP contribution < -0.4 is 24.8 Å². The van der Waals surface area contributed by atoms with Crippen molar-refractivity contribution in [3.8, 4) is 17.2 Å². The molecule has 0 fully saturated rings. The van der Waals surface area contributed by atoms with Crippen LogP contribution in [0.2, 0.25) is 0 Å². The van der Waals surface area contributed by atoms with Crippen LogP contribution in [-0.2, 0) is 4.79 Å². The average Bonchev–Trinajstić information content (AvgIpc) is 2.62. The second kappa shape index (κ2) is 8.24. The molecule has 0 radical (unpaired) electrons. The zero-order valence-electron chi connectivity index (χ0n) is 15.4. The number of aryl methyl sites for hydroxylation is 1. The van der Waals surface area contributed by atoms with Gasteiger partial charge in [0.15, 0.2) is 11.5 Å². The van der Waals surface area contributed by atoms with E-state index in [0.29, 0.717) is 34.2 Å². The molecule has 2 N–H and O–H groups in total. The number of carbonyl (C=O) groups excluding carboxylic acids is 2. The van der Waals surface area contributed by atoms with Crippen LogP contribution in [-0.4, -0.2) is 33.1 Å². The third-order valence-electron chi connectivity index (χ3n) is 3.66. The van der Waals surface area contributed by atoms with E-state index in [2.05, 4.69) is 10.6 Å². The van der Waals surface area contributed by atoms with Gasteiger partial charge in [-0.1, -0.05) is 6.07 Å². The molecule has 2 aromatic carbocycles. The predicted octanol–water partition coefficient (Wildman–Crippen LogP) is 3.23. The molecule has 0 aliphatic rings. The molecule has 0 heterocycles. The highest BCUT2D eigenvalue weighted by atomic mass is 16.5. The van der Waals surface area contributed by atoms with E-state index in [4.69, 9.17) is 14.2 Å². The van der Waals surface area contributed by atoms with Crippen molar-refractivity contribution in [3.05, 3.63) is 41.5 Å². The normalized spacial score (nSPS) is 10.0. The first kappa shape index (κ1) is 19.1. The molecule has 7 nitrogen and oxygen atoms in total. The molecule has 0 saturated carbocycles. The standard InChI is InChI=1S/C19H22N2O5/c1-11-6-7-14(20-12(2)22)15(8-11)21-19(23)13-9-16(24-3)18(26-5)17(10-13)25-4/h6-10H,1-5H3,(H,20,22)(H,21,23). The van der Waals surface area contributed by atoms with Crippen molar-refractivity contribution in [2.45, 2.75) is 13.8 Å². The summed E-state index contributed by atoms with van der Waals surface area (Å²) in [5.74, 6) is 0.561. The Balaban J connectivity index is 2.39. The molecule has 2 aromatic rings. The van der Waals surface area contributed by atoms with Gasteiger partial charge in [-0.25, -0.2) is 0 Å². The highest BCUT2D eigenvalue weighted by Crippen LogP contribution is 2.38. The van der Waals surface area contributed by atoms with Crippen LogP contribution in [0.25, 0.3) is 0 Å². The summed E-state index contributed by atoms with van der Waals surface area (Å²) < 4.78 is 15.8. The van der Waals surface area contributed by atoms with E-state index in [9.17, 15) is 9.59 Å². The lowest BCUT2D eigenvalue weighted by Gasteiger charge is -2.15. The Morgan fingerprint density at radius 2 is 1.46 bits per heavy atom. The van der Waals surface area contributed by atoms with E-state index in [1.165, 1.54) is 28.3 Å². The minimum absolute atomic E-state index is 0.225. The van der Waals surface area contributed by atoms with Gasteiger partial charge < -0.3 is 24.8 Å². The Hall–Kier alpha value is -3.22. The summed E-state index contributed by atoms with van der Waals surface area (Å²) >= 11 is 0. The zero-order valence-corrected chi connectivity index (χ0v) is 15.4. The first-order valence-electron chi connectivity index (χ1n) is 7.89. The second-order valence-electron chi connectivity index (χ2n) is 5.60. The highest BCUT2D eigenvalue weighted by Gasteiger charge is 2.18. The van der Waals surface area contributed by atoms with Gasteiger partial charge in [-0.15, -0.1) is 0 Å². The topological polar surface area (TPSA) is 85.9 Å². The Morgan fingerprint density at radius 1 is 0.846 bits per heavy atom. The number of hydrogen-bond acceptors (Lipinski definition) is 5. The maximum Gasteiger partial charge on any atom is 0.255 e. The van der Waals surface area contributed by atoms with E-state index >= 15 is 0 Å². The maximum absolute atomic E-state index is 12.7. The molecule has 0 aromatic heterocycles. The fourth-order valence-corrected chi connectivity index (χ4v) is 2.47. The Labute approximate surface area is 152 Å². The summed E-state index contributed by atoms with van der Waals surface area (Å²) in [4.78, 5) is 24.1. The number of amides is 2. The number of methoxy groups -OCH3 is 3. The minimum atomic E-state index is -0.374. The highest BCUT2D eigenvalue weighted by molar-refractivity contribution is 6.07. The molecule has 26 heavy (non-hydrogen) atoms. The van der Waals surface area contributed by atoms with Gasteiger partial charge in [0, 0.05) is 12.5 Å². The molecule has 0 aliphatic heterocycles. The molecule has 0 aliphatic carbocycles. The molecule has 0 atom stereocenters. The van der Waals surface area contributed by atoms with Crippen LogP contribution in [0.4, 0.5) is 11.4 Å². The fourth-order valence-electron chi connectivity index (χ4n) is 2.47. The first-order valence-corrected chi connectivity index (χ1v) is 7.89. The van der Waals surface area contributed by atoms with Gasteiger partial charge in [-0.3, -0.25) is 9.59 Å². The number of benzene rings is 2. The lowest BCUT2D eigenvalue weighted by molar-refractivity contribution is -0.114. The van der Waals surface area contributed by atoms with Gasteiger partial charge in [0.1, 0.15) is 0 Å². The number of nitrogens with one attached hydrogen (secondary N) is 2. The number of carbonyl (C=O) groups is 2. The van der Waals surface area contributed by atoms with Gasteiger partial charge in [-0.05, 0) is 36.8 Å². The van der Waals surface area contributed by atoms with Crippen LogP contribution in [0.3, 0.4) is 0 Å². The monoisotopic (exact) mass is 358 g/mol. The van der Waals surface area contributed by atoms with Crippen molar-refractivity contribution in [2.24, 2.45) is 0 Å². The molecule has 2 amide bonds. The minimum Gasteiger partial charge on any atom is -0.493 e. The van der Waals surface area contributed by atoms with E-state index in [1.807, 2.05) is 13.0 Å². The average molecular weight is 358 g/mol. The summed E-state index contributed by atoms with van der Waals surface area (Å²) in [5.41, 5.74) is 2.29. The van der Waals surface area contributed by atoms with Gasteiger partial charge in [0.25, 0.3) is 5.91 Å². The Kier molecular flexibility index (Phi) is 6.06. The Morgan fingerprint density at radius 3 is 1.96 bits per heavy atom. The van der Waals surface area contributed by atoms with Crippen molar-refractivity contribution < 1.29 is 23.8 Å². The maximum atomic E-state index is 12.7. The van der Waals surface area contributed by atoms with Crippen LogP contribution in [0.1, 0.15) is 22.8 Å². The number of ether oxygens (including phenoxy) is 3. The van der Waals surface area contributed by atoms with Crippen LogP contribution in [0.5, 0.6) is 17.2 Å². The summed E-state index contributed by atoms with van der Waals surface area (Å²) in [6.45, 7) is 3.30. The van der Waals surface area contributed by atoms with Gasteiger partial charge >= 0.3 is 0 Å². The van der Waals surface area contributed by atoms with Crippen molar-refractivity contribution in [1.82, 2.24) is 0 Å². The number of anilines is 2. The van der Waals surface area contributed by atoms with Crippen LogP contribution >= 0.6 is 0 Å². The van der Waals surface area contributed by atoms with Crippen molar-refractivity contribution in [3.63, 3.8) is 0 Å². The smallest absolute Gasteiger partial charge is 0.255 e. The molecule has 0 saturated heterocycles. The lowest BCUT2D eigenvalue weighted by Crippen LogP contribution is -2.15. The summed E-state index contributed by atoms with van der Waals surface area (Å²) in [5, 5.41) is 5.51. The zero-order chi connectivity index (χ0) is 19.3. The second-order valence-corrected chi connectivity index (χ2v) is 5.60. The van der Waals surface area contributed by atoms with Gasteiger partial charge in [-0.2, -0.15) is 0 Å². The largest absolute Gasteiger partial charge is 0.493 e. The SMILES string of the molecule is COc1cc(C(=O)Nc2cc(C)ccc2NC(C)=O)cc(OC)c1OC. The Bertz CT molecular complexity index is 808. The van der Waals surface area contributed by atoms with Crippen molar-refractivity contribution >= 4 is 23.2 Å². The number of hydrogen-bond donors (Lipinski definition) is 2. The van der Waals surface area contributed by atoms with E-state index in [0.717, 1.165) is 5.56 Å². The molecule has 7 heteroatoms. The molecule has 138 valence electrons. The van der Waals surface area contributed by atoms with Crippen molar-refractivity contribution in [2.75, 3.05) is 32.0 Å². The lowest BCUT2D eigenvalue weighted by atomic mass is 10.1. The first-order chi connectivity index (χ1) is 12.4.